The second-order valence-electron chi connectivity index (χ2n) is 10.6. The summed E-state index contributed by atoms with van der Waals surface area (Å²) in [6.07, 6.45) is 1.80. The second-order valence-corrected chi connectivity index (χ2v) is 10.6. The summed E-state index contributed by atoms with van der Waals surface area (Å²) in [6, 6.07) is 16.4. The third-order valence-corrected chi connectivity index (χ3v) is 7.17. The van der Waals surface area contributed by atoms with Crippen LogP contribution in [0.3, 0.4) is 0 Å². The van der Waals surface area contributed by atoms with Crippen molar-refractivity contribution in [3.63, 3.8) is 0 Å². The zero-order chi connectivity index (χ0) is 25.2. The number of rotatable bonds is 8. The van der Waals surface area contributed by atoms with Crippen LogP contribution in [0.25, 0.3) is 11.1 Å². The molecule has 2 aromatic carbocycles. The molecule has 2 aliphatic rings. The van der Waals surface area contributed by atoms with E-state index in [9.17, 15) is 14.4 Å². The van der Waals surface area contributed by atoms with E-state index in [4.69, 9.17) is 9.84 Å². The maximum Gasteiger partial charge on any atom is 0.407 e. The van der Waals surface area contributed by atoms with Crippen molar-refractivity contribution in [1.82, 2.24) is 10.2 Å². The lowest BCUT2D eigenvalue weighted by molar-refractivity contribution is -0.141. The van der Waals surface area contributed by atoms with E-state index in [0.29, 0.717) is 12.8 Å². The van der Waals surface area contributed by atoms with Gasteiger partial charge in [0.2, 0.25) is 5.91 Å². The molecule has 0 unspecified atom stereocenters. The number of carboxylic acids is 1. The van der Waals surface area contributed by atoms with E-state index in [1.807, 2.05) is 45.0 Å². The largest absolute Gasteiger partial charge is 0.481 e. The summed E-state index contributed by atoms with van der Waals surface area (Å²) in [7, 11) is 0. The SMILES string of the molecule is CC(C)(C)N(CCC(=O)O)C(=O)CC1(NC(=O)OCC2c3ccccc3-c3ccccc32)CCC1. The van der Waals surface area contributed by atoms with Gasteiger partial charge in [-0.15, -0.1) is 0 Å². The van der Waals surface area contributed by atoms with E-state index in [2.05, 4.69) is 29.6 Å². The van der Waals surface area contributed by atoms with Gasteiger partial charge in [0.25, 0.3) is 0 Å². The third-order valence-electron chi connectivity index (χ3n) is 7.17. The summed E-state index contributed by atoms with van der Waals surface area (Å²) >= 11 is 0. The van der Waals surface area contributed by atoms with Gasteiger partial charge in [0.05, 0.1) is 18.4 Å². The first-order valence-electron chi connectivity index (χ1n) is 12.3. The quantitative estimate of drug-likeness (QED) is 0.560. The van der Waals surface area contributed by atoms with Gasteiger partial charge in [0.15, 0.2) is 0 Å². The molecule has 0 atom stereocenters. The van der Waals surface area contributed by atoms with Crippen molar-refractivity contribution in [1.29, 1.82) is 0 Å². The maximum absolute atomic E-state index is 13.2. The molecule has 35 heavy (non-hydrogen) atoms. The van der Waals surface area contributed by atoms with Gasteiger partial charge in [-0.3, -0.25) is 9.59 Å². The Hall–Kier alpha value is -3.35. The van der Waals surface area contributed by atoms with Crippen molar-refractivity contribution < 1.29 is 24.2 Å². The molecule has 1 saturated carbocycles. The van der Waals surface area contributed by atoms with Gasteiger partial charge in [-0.2, -0.15) is 0 Å². The number of hydrogen-bond acceptors (Lipinski definition) is 4. The van der Waals surface area contributed by atoms with Crippen LogP contribution in [0.5, 0.6) is 0 Å². The highest BCUT2D eigenvalue weighted by atomic mass is 16.5. The van der Waals surface area contributed by atoms with Crippen LogP contribution in [-0.2, 0) is 14.3 Å². The van der Waals surface area contributed by atoms with E-state index in [-0.39, 0.29) is 37.8 Å². The molecular formula is C28H34N2O5. The maximum atomic E-state index is 13.2. The van der Waals surface area contributed by atoms with Crippen LogP contribution in [0, 0.1) is 0 Å². The van der Waals surface area contributed by atoms with E-state index in [1.54, 1.807) is 4.90 Å². The molecule has 0 aliphatic heterocycles. The number of carbonyl (C=O) groups is 3. The predicted molar refractivity (Wildman–Crippen MR) is 133 cm³/mol. The molecule has 2 amide bonds. The van der Waals surface area contributed by atoms with E-state index in [0.717, 1.165) is 17.5 Å². The summed E-state index contributed by atoms with van der Waals surface area (Å²) in [5, 5.41) is 12.1. The molecule has 2 N–H and O–H groups in total. The molecule has 0 saturated heterocycles. The van der Waals surface area contributed by atoms with Crippen molar-refractivity contribution in [2.75, 3.05) is 13.2 Å². The molecular weight excluding hydrogens is 444 g/mol. The van der Waals surface area contributed by atoms with Crippen LogP contribution in [0.2, 0.25) is 0 Å². The predicted octanol–water partition coefficient (Wildman–Crippen LogP) is 4.94. The van der Waals surface area contributed by atoms with Crippen molar-refractivity contribution >= 4 is 18.0 Å². The second kappa shape index (κ2) is 9.72. The fourth-order valence-electron chi connectivity index (χ4n) is 5.23. The van der Waals surface area contributed by atoms with Crippen molar-refractivity contribution in [3.8, 4) is 11.1 Å². The van der Waals surface area contributed by atoms with Crippen LogP contribution < -0.4 is 5.32 Å². The monoisotopic (exact) mass is 478 g/mol. The number of nitrogens with one attached hydrogen (secondary N) is 1. The first kappa shape index (κ1) is 24.8. The molecule has 0 bridgehead atoms. The van der Waals surface area contributed by atoms with Crippen molar-refractivity contribution in [2.24, 2.45) is 0 Å². The van der Waals surface area contributed by atoms with E-state index < -0.39 is 23.1 Å². The molecule has 0 heterocycles. The molecule has 0 radical (unpaired) electrons. The highest BCUT2D eigenvalue weighted by molar-refractivity contribution is 5.81. The Kier molecular flexibility index (Phi) is 6.88. The Bertz CT molecular complexity index is 1070. The fourth-order valence-corrected chi connectivity index (χ4v) is 5.23. The Morgan fingerprint density at radius 2 is 1.60 bits per heavy atom. The molecule has 2 aromatic rings. The molecule has 186 valence electrons. The number of carboxylic acid groups (broad SMARTS) is 1. The number of carbonyl (C=O) groups excluding carboxylic acids is 2. The molecule has 4 rings (SSSR count). The van der Waals surface area contributed by atoms with Crippen molar-refractivity contribution in [2.45, 2.75) is 69.9 Å². The van der Waals surface area contributed by atoms with Crippen LogP contribution >= 0.6 is 0 Å². The number of aliphatic carboxylic acids is 1. The normalized spacial score (nSPS) is 16.0. The summed E-state index contributed by atoms with van der Waals surface area (Å²) in [6.45, 7) is 6.02. The summed E-state index contributed by atoms with van der Waals surface area (Å²) in [4.78, 5) is 38.7. The van der Waals surface area contributed by atoms with Crippen LogP contribution in [-0.4, -0.2) is 52.2 Å². The molecule has 7 heteroatoms. The Balaban J connectivity index is 1.40. The van der Waals surface area contributed by atoms with E-state index >= 15 is 0 Å². The lowest BCUT2D eigenvalue weighted by atomic mass is 9.74. The van der Waals surface area contributed by atoms with Crippen LogP contribution in [0.15, 0.2) is 48.5 Å². The first-order valence-corrected chi connectivity index (χ1v) is 12.3. The Labute approximate surface area is 206 Å². The minimum atomic E-state index is -0.942. The van der Waals surface area contributed by atoms with Gasteiger partial charge in [0, 0.05) is 18.0 Å². The highest BCUT2D eigenvalue weighted by Crippen LogP contribution is 2.44. The van der Waals surface area contributed by atoms with Gasteiger partial charge in [-0.05, 0) is 62.3 Å². The zero-order valence-corrected chi connectivity index (χ0v) is 20.7. The first-order chi connectivity index (χ1) is 16.6. The molecule has 1 fully saturated rings. The highest BCUT2D eigenvalue weighted by Gasteiger charge is 2.43. The lowest BCUT2D eigenvalue weighted by Gasteiger charge is -2.44. The number of amides is 2. The molecule has 0 aromatic heterocycles. The minimum Gasteiger partial charge on any atom is -0.481 e. The summed E-state index contributed by atoms with van der Waals surface area (Å²) < 4.78 is 5.71. The summed E-state index contributed by atoms with van der Waals surface area (Å²) in [5.41, 5.74) is 3.47. The lowest BCUT2D eigenvalue weighted by Crippen LogP contribution is -2.58. The standard InChI is InChI=1S/C28H34N2O5/c1-27(2,3)30(16-13-25(32)33)24(31)17-28(14-8-15-28)29-26(34)35-18-23-21-11-6-4-9-19(21)20-10-5-7-12-22(20)23/h4-7,9-12,23H,8,13-18H2,1-3H3,(H,29,34)(H,32,33). The van der Waals surface area contributed by atoms with Crippen molar-refractivity contribution in [3.05, 3.63) is 59.7 Å². The smallest absolute Gasteiger partial charge is 0.407 e. The average molecular weight is 479 g/mol. The number of alkyl carbamates (subject to hydrolysis) is 1. The molecule has 2 aliphatic carbocycles. The Morgan fingerprint density at radius 3 is 2.09 bits per heavy atom. The molecule has 0 spiro atoms. The van der Waals surface area contributed by atoms with Gasteiger partial charge in [-0.25, -0.2) is 4.79 Å². The van der Waals surface area contributed by atoms with E-state index in [1.165, 1.54) is 11.1 Å². The topological polar surface area (TPSA) is 95.9 Å². The number of fused-ring (bicyclic) bond motifs is 3. The van der Waals surface area contributed by atoms with Crippen LogP contribution in [0.4, 0.5) is 4.79 Å². The zero-order valence-electron chi connectivity index (χ0n) is 20.7. The fraction of sp³-hybridized carbons (Fsp3) is 0.464. The minimum absolute atomic E-state index is 0.0282. The number of benzene rings is 2. The number of hydrogen-bond donors (Lipinski definition) is 2. The average Bonchev–Trinajstić information content (AvgIpc) is 3.09. The van der Waals surface area contributed by atoms with Crippen LogP contribution in [0.1, 0.15) is 69.9 Å². The summed E-state index contributed by atoms with van der Waals surface area (Å²) in [5.74, 6) is -1.13. The van der Waals surface area contributed by atoms with Gasteiger partial charge < -0.3 is 20.1 Å². The number of ether oxygens (including phenoxy) is 1. The molecule has 7 nitrogen and oxygen atoms in total. The third kappa shape index (κ3) is 5.34. The van der Waals surface area contributed by atoms with Gasteiger partial charge >= 0.3 is 12.1 Å². The Morgan fingerprint density at radius 1 is 1.03 bits per heavy atom. The van der Waals surface area contributed by atoms with Gasteiger partial charge in [0.1, 0.15) is 6.61 Å². The van der Waals surface area contributed by atoms with Gasteiger partial charge in [-0.1, -0.05) is 48.5 Å². The number of nitrogens with zero attached hydrogens (tertiary/aromatic N) is 1.